The molecular formula is C11H10N2O3. The van der Waals surface area contributed by atoms with Crippen LogP contribution in [-0.2, 0) is 11.8 Å². The molecule has 5 heteroatoms. The molecular weight excluding hydrogens is 208 g/mol. The number of carbonyl (C=O) groups excluding carboxylic acids is 1. The van der Waals surface area contributed by atoms with E-state index >= 15 is 0 Å². The number of nitrogens with zero attached hydrogens (tertiary/aromatic N) is 2. The molecule has 0 atom stereocenters. The summed E-state index contributed by atoms with van der Waals surface area (Å²) in [5, 5.41) is 4.87. The Kier molecular flexibility index (Phi) is 2.44. The highest BCUT2D eigenvalue weighted by Gasteiger charge is 2.15. The van der Waals surface area contributed by atoms with Crippen molar-refractivity contribution in [3.8, 4) is 0 Å². The Bertz CT molecular complexity index is 616. The van der Waals surface area contributed by atoms with Crippen LogP contribution in [0.5, 0.6) is 0 Å². The predicted octanol–water partition coefficient (Wildman–Crippen LogP) is 0.720. The molecule has 0 radical (unpaired) electrons. The van der Waals surface area contributed by atoms with Gasteiger partial charge in [0.1, 0.15) is 0 Å². The molecule has 0 saturated carbocycles. The lowest BCUT2D eigenvalue weighted by Gasteiger charge is -2.05. The number of fused-ring (bicyclic) bond motifs is 1. The lowest BCUT2D eigenvalue weighted by atomic mass is 10.1. The number of aryl methyl sites for hydroxylation is 1. The molecule has 0 amide bonds. The van der Waals surface area contributed by atoms with Crippen molar-refractivity contribution < 1.29 is 9.53 Å². The number of carbonyl (C=O) groups is 1. The molecule has 0 N–H and O–H groups in total. The van der Waals surface area contributed by atoms with E-state index in [-0.39, 0.29) is 11.3 Å². The highest BCUT2D eigenvalue weighted by molar-refractivity contribution is 6.01. The Labute approximate surface area is 91.3 Å². The highest BCUT2D eigenvalue weighted by Crippen LogP contribution is 2.13. The van der Waals surface area contributed by atoms with Crippen molar-refractivity contribution in [1.29, 1.82) is 0 Å². The lowest BCUT2D eigenvalue weighted by Crippen LogP contribution is -2.23. The zero-order valence-electron chi connectivity index (χ0n) is 8.93. The summed E-state index contributed by atoms with van der Waals surface area (Å²) in [6.07, 6.45) is 0. The van der Waals surface area contributed by atoms with Crippen LogP contribution in [0, 0.1) is 0 Å². The minimum Gasteiger partial charge on any atom is -0.464 e. The zero-order valence-corrected chi connectivity index (χ0v) is 8.93. The first kappa shape index (κ1) is 10.4. The lowest BCUT2D eigenvalue weighted by molar-refractivity contribution is 0.0594. The van der Waals surface area contributed by atoms with Crippen LogP contribution in [0.15, 0.2) is 29.1 Å². The standard InChI is InChI=1S/C11H10N2O3/c1-13-10(14)8-6-4-3-5-7(8)9(12-13)11(15)16-2/h3-6H,1-2H3. The minimum atomic E-state index is -0.549. The number of benzene rings is 1. The van der Waals surface area contributed by atoms with Crippen LogP contribution in [0.1, 0.15) is 10.5 Å². The van der Waals surface area contributed by atoms with Gasteiger partial charge in [0.05, 0.1) is 12.5 Å². The summed E-state index contributed by atoms with van der Waals surface area (Å²) >= 11 is 0. The summed E-state index contributed by atoms with van der Waals surface area (Å²) < 4.78 is 5.76. The van der Waals surface area contributed by atoms with E-state index in [1.54, 1.807) is 24.3 Å². The molecule has 0 unspecified atom stereocenters. The van der Waals surface area contributed by atoms with Crippen LogP contribution >= 0.6 is 0 Å². The molecule has 5 nitrogen and oxygen atoms in total. The fourth-order valence-corrected chi connectivity index (χ4v) is 1.55. The number of methoxy groups -OCH3 is 1. The van der Waals surface area contributed by atoms with Crippen LogP contribution in [-0.4, -0.2) is 22.9 Å². The van der Waals surface area contributed by atoms with Gasteiger partial charge in [-0.3, -0.25) is 4.79 Å². The maximum atomic E-state index is 11.7. The molecule has 16 heavy (non-hydrogen) atoms. The van der Waals surface area contributed by atoms with Gasteiger partial charge in [0.25, 0.3) is 5.56 Å². The van der Waals surface area contributed by atoms with E-state index in [4.69, 9.17) is 0 Å². The van der Waals surface area contributed by atoms with Crippen molar-refractivity contribution in [3.05, 3.63) is 40.3 Å². The van der Waals surface area contributed by atoms with Crippen molar-refractivity contribution in [2.24, 2.45) is 7.05 Å². The summed E-state index contributed by atoms with van der Waals surface area (Å²) in [6.45, 7) is 0. The number of aromatic nitrogens is 2. The molecule has 0 aliphatic heterocycles. The van der Waals surface area contributed by atoms with Crippen LogP contribution in [0.4, 0.5) is 0 Å². The van der Waals surface area contributed by atoms with Crippen molar-refractivity contribution in [2.75, 3.05) is 7.11 Å². The minimum absolute atomic E-state index is 0.153. The van der Waals surface area contributed by atoms with Gasteiger partial charge in [0.2, 0.25) is 0 Å². The van der Waals surface area contributed by atoms with E-state index in [0.717, 1.165) is 4.68 Å². The molecule has 0 saturated heterocycles. The number of hydrogen-bond donors (Lipinski definition) is 0. The van der Waals surface area contributed by atoms with Gasteiger partial charge in [-0.05, 0) is 6.07 Å². The fraction of sp³-hybridized carbons (Fsp3) is 0.182. The quantitative estimate of drug-likeness (QED) is 0.662. The van der Waals surface area contributed by atoms with Crippen LogP contribution in [0.25, 0.3) is 10.8 Å². The maximum absolute atomic E-state index is 11.7. The largest absolute Gasteiger partial charge is 0.464 e. The first-order valence-corrected chi connectivity index (χ1v) is 4.69. The smallest absolute Gasteiger partial charge is 0.359 e. The van der Waals surface area contributed by atoms with E-state index < -0.39 is 5.97 Å². The van der Waals surface area contributed by atoms with Gasteiger partial charge in [0, 0.05) is 12.4 Å². The SMILES string of the molecule is COC(=O)c1nn(C)c(=O)c2ccccc12. The van der Waals surface area contributed by atoms with Gasteiger partial charge >= 0.3 is 5.97 Å². The number of rotatable bonds is 1. The summed E-state index contributed by atoms with van der Waals surface area (Å²) in [6, 6.07) is 6.82. The molecule has 1 aromatic heterocycles. The third kappa shape index (κ3) is 1.46. The Balaban J connectivity index is 2.90. The van der Waals surface area contributed by atoms with E-state index in [2.05, 4.69) is 9.84 Å². The molecule has 0 aliphatic carbocycles. The summed E-state index contributed by atoms with van der Waals surface area (Å²) in [5.74, 6) is -0.549. The third-order valence-electron chi connectivity index (χ3n) is 2.34. The Morgan fingerprint density at radius 2 is 1.94 bits per heavy atom. The molecule has 1 aromatic carbocycles. The normalized spacial score (nSPS) is 10.4. The predicted molar refractivity (Wildman–Crippen MR) is 58.3 cm³/mol. The topological polar surface area (TPSA) is 61.2 Å². The Morgan fingerprint density at radius 1 is 1.31 bits per heavy atom. The van der Waals surface area contributed by atoms with Crippen molar-refractivity contribution >= 4 is 16.7 Å². The fourth-order valence-electron chi connectivity index (χ4n) is 1.55. The van der Waals surface area contributed by atoms with Gasteiger partial charge in [-0.15, -0.1) is 0 Å². The maximum Gasteiger partial charge on any atom is 0.359 e. The Morgan fingerprint density at radius 3 is 2.56 bits per heavy atom. The van der Waals surface area contributed by atoms with Crippen molar-refractivity contribution in [2.45, 2.75) is 0 Å². The van der Waals surface area contributed by atoms with Gasteiger partial charge in [-0.1, -0.05) is 18.2 Å². The van der Waals surface area contributed by atoms with Crippen molar-refractivity contribution in [1.82, 2.24) is 9.78 Å². The molecule has 2 aromatic rings. The second kappa shape index (κ2) is 3.77. The van der Waals surface area contributed by atoms with Crippen LogP contribution in [0.2, 0.25) is 0 Å². The van der Waals surface area contributed by atoms with E-state index in [1.807, 2.05) is 0 Å². The van der Waals surface area contributed by atoms with Crippen LogP contribution < -0.4 is 5.56 Å². The molecule has 0 aliphatic rings. The average Bonchev–Trinajstić information content (AvgIpc) is 2.33. The first-order chi connectivity index (χ1) is 7.65. The first-order valence-electron chi connectivity index (χ1n) is 4.69. The molecule has 82 valence electrons. The van der Waals surface area contributed by atoms with Crippen LogP contribution in [0.3, 0.4) is 0 Å². The van der Waals surface area contributed by atoms with Gasteiger partial charge in [0.15, 0.2) is 5.69 Å². The summed E-state index contributed by atoms with van der Waals surface area (Å²) in [4.78, 5) is 23.2. The molecule has 2 rings (SSSR count). The van der Waals surface area contributed by atoms with Gasteiger partial charge in [-0.2, -0.15) is 5.10 Å². The summed E-state index contributed by atoms with van der Waals surface area (Å²) in [5.41, 5.74) is -0.0801. The third-order valence-corrected chi connectivity index (χ3v) is 2.34. The van der Waals surface area contributed by atoms with E-state index in [9.17, 15) is 9.59 Å². The van der Waals surface area contributed by atoms with Gasteiger partial charge < -0.3 is 4.74 Å². The number of hydrogen-bond acceptors (Lipinski definition) is 4. The number of ether oxygens (including phenoxy) is 1. The highest BCUT2D eigenvalue weighted by atomic mass is 16.5. The Hall–Kier alpha value is -2.17. The second-order valence-electron chi connectivity index (χ2n) is 3.31. The van der Waals surface area contributed by atoms with Gasteiger partial charge in [-0.25, -0.2) is 9.48 Å². The van der Waals surface area contributed by atoms with E-state index in [0.29, 0.717) is 10.8 Å². The molecule has 0 spiro atoms. The molecule has 0 fully saturated rings. The summed E-state index contributed by atoms with van der Waals surface area (Å²) in [7, 11) is 2.78. The second-order valence-corrected chi connectivity index (χ2v) is 3.31. The molecule has 0 bridgehead atoms. The zero-order chi connectivity index (χ0) is 11.7. The van der Waals surface area contributed by atoms with Crippen molar-refractivity contribution in [3.63, 3.8) is 0 Å². The average molecular weight is 218 g/mol. The van der Waals surface area contributed by atoms with E-state index in [1.165, 1.54) is 14.2 Å². The monoisotopic (exact) mass is 218 g/mol. The number of esters is 1. The molecule has 1 heterocycles.